The topological polar surface area (TPSA) is 122 Å². The van der Waals surface area contributed by atoms with Crippen LogP contribution in [0.5, 0.6) is 0 Å². The largest absolute Gasteiger partial charge is 0.480 e. The summed E-state index contributed by atoms with van der Waals surface area (Å²) in [6.07, 6.45) is 0. The maximum atomic E-state index is 11.2. The van der Waals surface area contributed by atoms with Crippen molar-refractivity contribution in [2.75, 3.05) is 12.3 Å². The minimum Gasteiger partial charge on any atom is -0.480 e. The summed E-state index contributed by atoms with van der Waals surface area (Å²) in [5.41, 5.74) is 5.25. The molecule has 0 aromatic rings. The number of nitrogens with one attached hydrogen (secondary N) is 2. The smallest absolute Gasteiger partial charge is 0.327 e. The van der Waals surface area contributed by atoms with Crippen LogP contribution in [0.15, 0.2) is 0 Å². The molecule has 0 unspecified atom stereocenters. The molecule has 2 atom stereocenters. The van der Waals surface area contributed by atoms with Crippen LogP contribution in [0.2, 0.25) is 0 Å². The van der Waals surface area contributed by atoms with E-state index in [2.05, 4.69) is 23.3 Å². The number of hydrogen-bond acceptors (Lipinski definition) is 5. The molecular weight excluding hydrogens is 234 g/mol. The van der Waals surface area contributed by atoms with Crippen LogP contribution in [0.1, 0.15) is 6.92 Å². The van der Waals surface area contributed by atoms with Gasteiger partial charge >= 0.3 is 5.97 Å². The second-order valence-corrected chi connectivity index (χ2v) is 3.51. The Balaban J connectivity index is 3.99. The van der Waals surface area contributed by atoms with E-state index in [0.717, 1.165) is 0 Å². The maximum absolute atomic E-state index is 11.2. The highest BCUT2D eigenvalue weighted by atomic mass is 32.1. The van der Waals surface area contributed by atoms with Gasteiger partial charge in [0, 0.05) is 5.75 Å². The molecule has 0 aromatic heterocycles. The molecule has 0 fully saturated rings. The summed E-state index contributed by atoms with van der Waals surface area (Å²) in [4.78, 5) is 32.7. The van der Waals surface area contributed by atoms with Crippen LogP contribution in [-0.4, -0.2) is 47.3 Å². The molecule has 16 heavy (non-hydrogen) atoms. The average Bonchev–Trinajstić information content (AvgIpc) is 2.21. The lowest BCUT2D eigenvalue weighted by Gasteiger charge is -2.12. The summed E-state index contributed by atoms with van der Waals surface area (Å²) in [7, 11) is 0. The molecule has 0 rings (SSSR count). The maximum Gasteiger partial charge on any atom is 0.327 e. The molecule has 0 saturated heterocycles. The van der Waals surface area contributed by atoms with Gasteiger partial charge in [0.1, 0.15) is 6.04 Å². The van der Waals surface area contributed by atoms with Crippen molar-refractivity contribution >= 4 is 30.4 Å². The fourth-order valence-electron chi connectivity index (χ4n) is 0.759. The highest BCUT2D eigenvalue weighted by molar-refractivity contribution is 7.80. The van der Waals surface area contributed by atoms with Crippen LogP contribution in [0.3, 0.4) is 0 Å². The molecule has 0 radical (unpaired) electrons. The van der Waals surface area contributed by atoms with Crippen molar-refractivity contribution in [3.8, 4) is 0 Å². The van der Waals surface area contributed by atoms with Gasteiger partial charge in [0.25, 0.3) is 0 Å². The van der Waals surface area contributed by atoms with Crippen LogP contribution in [-0.2, 0) is 14.4 Å². The first-order chi connectivity index (χ1) is 7.38. The summed E-state index contributed by atoms with van der Waals surface area (Å²) in [6, 6.07) is -1.78. The molecular formula is C8H15N3O4S. The third-order valence-corrected chi connectivity index (χ3v) is 2.02. The number of amides is 2. The summed E-state index contributed by atoms with van der Waals surface area (Å²) < 4.78 is 0. The summed E-state index contributed by atoms with van der Waals surface area (Å²) in [5.74, 6) is -2.28. The van der Waals surface area contributed by atoms with Crippen LogP contribution in [0, 0.1) is 0 Å². The van der Waals surface area contributed by atoms with Gasteiger partial charge in [-0.05, 0) is 6.92 Å². The lowest BCUT2D eigenvalue weighted by atomic mass is 10.3. The monoisotopic (exact) mass is 249 g/mol. The van der Waals surface area contributed by atoms with Crippen molar-refractivity contribution in [1.82, 2.24) is 10.6 Å². The molecule has 92 valence electrons. The van der Waals surface area contributed by atoms with Gasteiger partial charge in [-0.15, -0.1) is 0 Å². The summed E-state index contributed by atoms with van der Waals surface area (Å²) in [5, 5.41) is 13.1. The lowest BCUT2D eigenvalue weighted by molar-refractivity contribution is -0.141. The highest BCUT2D eigenvalue weighted by Gasteiger charge is 2.18. The molecule has 7 nitrogen and oxygen atoms in total. The molecule has 0 bridgehead atoms. The Labute approximate surface area is 98.2 Å². The fourth-order valence-corrected chi connectivity index (χ4v) is 1.01. The molecule has 0 aliphatic rings. The fraction of sp³-hybridized carbons (Fsp3) is 0.625. The van der Waals surface area contributed by atoms with Crippen LogP contribution < -0.4 is 16.4 Å². The Morgan fingerprint density at radius 1 is 1.44 bits per heavy atom. The number of carbonyl (C=O) groups is 3. The van der Waals surface area contributed by atoms with Gasteiger partial charge in [0.15, 0.2) is 0 Å². The summed E-state index contributed by atoms with van der Waals surface area (Å²) in [6.45, 7) is 1.17. The van der Waals surface area contributed by atoms with E-state index in [1.807, 2.05) is 0 Å². The zero-order valence-electron chi connectivity index (χ0n) is 8.77. The number of nitrogens with two attached hydrogens (primary N) is 1. The molecule has 0 saturated carbocycles. The molecule has 5 N–H and O–H groups in total. The van der Waals surface area contributed by atoms with Crippen molar-refractivity contribution in [3.63, 3.8) is 0 Å². The first-order valence-electron chi connectivity index (χ1n) is 4.54. The predicted molar refractivity (Wildman–Crippen MR) is 60.1 cm³/mol. The molecule has 0 aliphatic heterocycles. The minimum absolute atomic E-state index is 0.0255. The number of carboxylic acids is 1. The number of thiol groups is 1. The SMILES string of the molecule is C[C@H](N)C(=O)NCC(=O)N[C@@H](CS)C(=O)O. The van der Waals surface area contributed by atoms with E-state index in [0.29, 0.717) is 0 Å². The average molecular weight is 249 g/mol. The Kier molecular flexibility index (Phi) is 6.50. The lowest BCUT2D eigenvalue weighted by Crippen LogP contribution is -2.48. The third kappa shape index (κ3) is 5.56. The van der Waals surface area contributed by atoms with E-state index >= 15 is 0 Å². The second kappa shape index (κ2) is 7.07. The molecule has 0 aromatic carbocycles. The van der Waals surface area contributed by atoms with Gasteiger partial charge in [0.05, 0.1) is 12.6 Å². The van der Waals surface area contributed by atoms with Crippen LogP contribution >= 0.6 is 12.6 Å². The highest BCUT2D eigenvalue weighted by Crippen LogP contribution is 1.87. The van der Waals surface area contributed by atoms with Crippen molar-refractivity contribution in [2.24, 2.45) is 5.73 Å². The second-order valence-electron chi connectivity index (χ2n) is 3.15. The normalized spacial score (nSPS) is 13.7. The van der Waals surface area contributed by atoms with Crippen LogP contribution in [0.25, 0.3) is 0 Å². The van der Waals surface area contributed by atoms with Gasteiger partial charge in [-0.2, -0.15) is 12.6 Å². The number of aliphatic carboxylic acids is 1. The van der Waals surface area contributed by atoms with Gasteiger partial charge in [-0.25, -0.2) is 4.79 Å². The van der Waals surface area contributed by atoms with E-state index in [1.54, 1.807) is 0 Å². The number of carboxylic acid groups (broad SMARTS) is 1. The molecule has 2 amide bonds. The van der Waals surface area contributed by atoms with Gasteiger partial charge < -0.3 is 21.5 Å². The zero-order valence-corrected chi connectivity index (χ0v) is 9.66. The van der Waals surface area contributed by atoms with E-state index in [-0.39, 0.29) is 12.3 Å². The van der Waals surface area contributed by atoms with Crippen molar-refractivity contribution in [1.29, 1.82) is 0 Å². The van der Waals surface area contributed by atoms with Crippen molar-refractivity contribution in [3.05, 3.63) is 0 Å². The van der Waals surface area contributed by atoms with E-state index in [4.69, 9.17) is 10.8 Å². The zero-order chi connectivity index (χ0) is 12.7. The van der Waals surface area contributed by atoms with Crippen molar-refractivity contribution in [2.45, 2.75) is 19.0 Å². The molecule has 8 heteroatoms. The van der Waals surface area contributed by atoms with Crippen molar-refractivity contribution < 1.29 is 19.5 Å². The van der Waals surface area contributed by atoms with Gasteiger partial charge in [-0.3, -0.25) is 9.59 Å². The Bertz CT molecular complexity index is 282. The molecule has 0 heterocycles. The molecule has 0 spiro atoms. The standard InChI is InChI=1S/C8H15N3O4S/c1-4(9)7(13)10-2-6(12)11-5(3-16)8(14)15/h4-5,16H,2-3,9H2,1H3,(H,10,13)(H,11,12)(H,14,15)/t4-,5-/m0/s1. The van der Waals surface area contributed by atoms with Gasteiger partial charge in [-0.1, -0.05) is 0 Å². The molecule has 0 aliphatic carbocycles. The van der Waals surface area contributed by atoms with E-state index < -0.39 is 29.9 Å². The first kappa shape index (κ1) is 14.7. The van der Waals surface area contributed by atoms with E-state index in [9.17, 15) is 14.4 Å². The van der Waals surface area contributed by atoms with Crippen LogP contribution in [0.4, 0.5) is 0 Å². The quantitative estimate of drug-likeness (QED) is 0.347. The minimum atomic E-state index is -1.18. The Morgan fingerprint density at radius 3 is 2.38 bits per heavy atom. The number of hydrogen-bond donors (Lipinski definition) is 5. The van der Waals surface area contributed by atoms with E-state index in [1.165, 1.54) is 6.92 Å². The number of carbonyl (C=O) groups excluding carboxylic acids is 2. The van der Waals surface area contributed by atoms with Gasteiger partial charge in [0.2, 0.25) is 11.8 Å². The third-order valence-electron chi connectivity index (χ3n) is 1.65. The first-order valence-corrected chi connectivity index (χ1v) is 5.18. The Morgan fingerprint density at radius 2 is 2.00 bits per heavy atom. The summed E-state index contributed by atoms with van der Waals surface area (Å²) >= 11 is 3.77. The Hall–Kier alpha value is -1.28. The predicted octanol–water partition coefficient (Wildman–Crippen LogP) is -2.05. The number of rotatable bonds is 6.